The molecule has 0 aliphatic carbocycles. The normalized spacial score (nSPS) is 12.5. The zero-order valence-corrected chi connectivity index (χ0v) is 12.6. The minimum Gasteiger partial charge on any atom is -0.439 e. The number of rotatable bonds is 6. The first-order valence-electron chi connectivity index (χ1n) is 7.32. The minimum absolute atomic E-state index is 0.0407. The van der Waals surface area contributed by atoms with Crippen molar-refractivity contribution in [1.82, 2.24) is 20.4 Å². The molecule has 0 amide bonds. The van der Waals surface area contributed by atoms with E-state index < -0.39 is 0 Å². The average Bonchev–Trinajstić information content (AvgIpc) is 3.22. The summed E-state index contributed by atoms with van der Waals surface area (Å²) < 4.78 is 10.9. The fourth-order valence-corrected chi connectivity index (χ4v) is 2.06. The Bertz CT molecular complexity index is 721. The highest BCUT2D eigenvalue weighted by atomic mass is 16.5. The van der Waals surface area contributed by atoms with Crippen molar-refractivity contribution >= 4 is 0 Å². The number of oxazole rings is 1. The fourth-order valence-electron chi connectivity index (χ4n) is 2.06. The quantitative estimate of drug-likeness (QED) is 0.753. The molecule has 2 aromatic heterocycles. The number of hydrogen-bond donors (Lipinski definition) is 1. The number of nitrogens with zero attached hydrogens (tertiary/aromatic N) is 3. The molecule has 1 atom stereocenters. The Kier molecular flexibility index (Phi) is 4.29. The van der Waals surface area contributed by atoms with Gasteiger partial charge < -0.3 is 8.94 Å². The molecule has 3 aromatic rings. The van der Waals surface area contributed by atoms with Gasteiger partial charge in [-0.25, -0.2) is 4.98 Å². The molecule has 6 heteroatoms. The second-order valence-corrected chi connectivity index (χ2v) is 4.99. The van der Waals surface area contributed by atoms with Gasteiger partial charge in [0.15, 0.2) is 11.6 Å². The van der Waals surface area contributed by atoms with Crippen LogP contribution in [0.4, 0.5) is 0 Å². The van der Waals surface area contributed by atoms with Crippen molar-refractivity contribution in [3.8, 4) is 11.3 Å². The van der Waals surface area contributed by atoms with Crippen LogP contribution in [0.1, 0.15) is 37.5 Å². The summed E-state index contributed by atoms with van der Waals surface area (Å²) in [6.07, 6.45) is 2.48. The van der Waals surface area contributed by atoms with Crippen molar-refractivity contribution in [1.29, 1.82) is 0 Å². The smallest absolute Gasteiger partial charge is 0.226 e. The van der Waals surface area contributed by atoms with Crippen LogP contribution in [0.5, 0.6) is 0 Å². The summed E-state index contributed by atoms with van der Waals surface area (Å²) in [5.41, 5.74) is 1.01. The van der Waals surface area contributed by atoms with Crippen molar-refractivity contribution in [3.05, 3.63) is 54.1 Å². The number of benzene rings is 1. The van der Waals surface area contributed by atoms with E-state index in [4.69, 9.17) is 8.94 Å². The number of aryl methyl sites for hydroxylation is 1. The Morgan fingerprint density at radius 2 is 2.05 bits per heavy atom. The fraction of sp³-hybridized carbons (Fsp3) is 0.312. The molecule has 0 saturated carbocycles. The topological polar surface area (TPSA) is 77.0 Å². The van der Waals surface area contributed by atoms with E-state index in [0.29, 0.717) is 24.2 Å². The van der Waals surface area contributed by atoms with E-state index in [1.807, 2.05) is 44.2 Å². The zero-order chi connectivity index (χ0) is 15.4. The summed E-state index contributed by atoms with van der Waals surface area (Å²) >= 11 is 0. The van der Waals surface area contributed by atoms with Crippen LogP contribution in [-0.2, 0) is 13.0 Å². The summed E-state index contributed by atoms with van der Waals surface area (Å²) in [4.78, 5) is 8.59. The third kappa shape index (κ3) is 3.23. The molecule has 0 aliphatic heterocycles. The second-order valence-electron chi connectivity index (χ2n) is 4.99. The Morgan fingerprint density at radius 1 is 1.23 bits per heavy atom. The van der Waals surface area contributed by atoms with Crippen molar-refractivity contribution in [2.24, 2.45) is 0 Å². The molecule has 0 spiro atoms. The SMILES string of the molecule is CCc1nc(CN[C@@H](C)c2ncc(-c3ccccc3)o2)no1. The Balaban J connectivity index is 1.63. The summed E-state index contributed by atoms with van der Waals surface area (Å²) in [6.45, 7) is 4.47. The predicted molar refractivity (Wildman–Crippen MR) is 80.9 cm³/mol. The summed E-state index contributed by atoms with van der Waals surface area (Å²) in [6, 6.07) is 9.87. The highest BCUT2D eigenvalue weighted by molar-refractivity contribution is 5.55. The van der Waals surface area contributed by atoms with Crippen LogP contribution in [0, 0.1) is 0 Å². The average molecular weight is 298 g/mol. The third-order valence-corrected chi connectivity index (χ3v) is 3.33. The lowest BCUT2D eigenvalue weighted by Crippen LogP contribution is -2.19. The van der Waals surface area contributed by atoms with Crippen molar-refractivity contribution in [3.63, 3.8) is 0 Å². The molecule has 0 fully saturated rings. The number of nitrogens with one attached hydrogen (secondary N) is 1. The van der Waals surface area contributed by atoms with Crippen LogP contribution in [-0.4, -0.2) is 15.1 Å². The summed E-state index contributed by atoms with van der Waals surface area (Å²) in [5.74, 6) is 2.68. The van der Waals surface area contributed by atoms with Gasteiger partial charge in [-0.3, -0.25) is 5.32 Å². The number of hydrogen-bond acceptors (Lipinski definition) is 6. The standard InChI is InChI=1S/C16H18N4O2/c1-3-15-19-14(20-22-15)10-17-11(2)16-18-9-13(21-16)12-7-5-4-6-8-12/h4-9,11,17H,3,10H2,1-2H3/t11-/m0/s1. The van der Waals surface area contributed by atoms with Gasteiger partial charge in [-0.15, -0.1) is 0 Å². The van der Waals surface area contributed by atoms with Crippen LogP contribution in [0.3, 0.4) is 0 Å². The molecule has 2 heterocycles. The van der Waals surface area contributed by atoms with Gasteiger partial charge in [0.05, 0.1) is 18.8 Å². The second kappa shape index (κ2) is 6.53. The van der Waals surface area contributed by atoms with E-state index >= 15 is 0 Å². The molecule has 6 nitrogen and oxygen atoms in total. The van der Waals surface area contributed by atoms with Gasteiger partial charge in [0.1, 0.15) is 0 Å². The maximum Gasteiger partial charge on any atom is 0.226 e. The van der Waals surface area contributed by atoms with E-state index in [9.17, 15) is 0 Å². The van der Waals surface area contributed by atoms with Crippen LogP contribution in [0.25, 0.3) is 11.3 Å². The molecule has 3 rings (SSSR count). The van der Waals surface area contributed by atoms with Gasteiger partial charge in [-0.1, -0.05) is 42.4 Å². The lowest BCUT2D eigenvalue weighted by molar-refractivity contribution is 0.370. The van der Waals surface area contributed by atoms with Crippen molar-refractivity contribution in [2.45, 2.75) is 32.9 Å². The first-order chi connectivity index (χ1) is 10.8. The predicted octanol–water partition coefficient (Wildman–Crippen LogP) is 3.14. The molecular weight excluding hydrogens is 280 g/mol. The molecule has 0 saturated heterocycles. The zero-order valence-electron chi connectivity index (χ0n) is 12.6. The van der Waals surface area contributed by atoms with E-state index in [0.717, 1.165) is 17.7 Å². The van der Waals surface area contributed by atoms with E-state index in [1.54, 1.807) is 6.20 Å². The Labute approximate surface area is 128 Å². The van der Waals surface area contributed by atoms with E-state index in [-0.39, 0.29) is 6.04 Å². The lowest BCUT2D eigenvalue weighted by atomic mass is 10.2. The molecule has 1 N–H and O–H groups in total. The van der Waals surface area contributed by atoms with Crippen molar-refractivity contribution < 1.29 is 8.94 Å². The van der Waals surface area contributed by atoms with E-state index in [2.05, 4.69) is 20.4 Å². The highest BCUT2D eigenvalue weighted by Gasteiger charge is 2.14. The van der Waals surface area contributed by atoms with Crippen LogP contribution >= 0.6 is 0 Å². The molecule has 0 bridgehead atoms. The molecule has 1 aromatic carbocycles. The molecule has 0 unspecified atom stereocenters. The van der Waals surface area contributed by atoms with Gasteiger partial charge in [-0.05, 0) is 6.92 Å². The monoisotopic (exact) mass is 298 g/mol. The molecule has 114 valence electrons. The summed E-state index contributed by atoms with van der Waals surface area (Å²) in [7, 11) is 0. The van der Waals surface area contributed by atoms with Crippen LogP contribution < -0.4 is 5.32 Å². The maximum atomic E-state index is 5.81. The minimum atomic E-state index is -0.0407. The maximum absolute atomic E-state index is 5.81. The summed E-state index contributed by atoms with van der Waals surface area (Å²) in [5, 5.41) is 7.18. The van der Waals surface area contributed by atoms with Gasteiger partial charge in [0.25, 0.3) is 0 Å². The van der Waals surface area contributed by atoms with E-state index in [1.165, 1.54) is 0 Å². The number of aromatic nitrogens is 3. The Morgan fingerprint density at radius 3 is 2.77 bits per heavy atom. The van der Waals surface area contributed by atoms with Gasteiger partial charge in [-0.2, -0.15) is 4.98 Å². The molecular formula is C16H18N4O2. The van der Waals surface area contributed by atoms with Gasteiger partial charge >= 0.3 is 0 Å². The van der Waals surface area contributed by atoms with Crippen molar-refractivity contribution in [2.75, 3.05) is 0 Å². The molecule has 0 aliphatic rings. The molecule has 0 radical (unpaired) electrons. The lowest BCUT2D eigenvalue weighted by Gasteiger charge is -2.07. The first kappa shape index (κ1) is 14.5. The van der Waals surface area contributed by atoms with Crippen LogP contribution in [0.15, 0.2) is 45.5 Å². The third-order valence-electron chi connectivity index (χ3n) is 3.33. The first-order valence-corrected chi connectivity index (χ1v) is 7.32. The van der Waals surface area contributed by atoms with Gasteiger partial charge in [0, 0.05) is 12.0 Å². The largest absolute Gasteiger partial charge is 0.439 e. The highest BCUT2D eigenvalue weighted by Crippen LogP contribution is 2.22. The van der Waals surface area contributed by atoms with Crippen LogP contribution in [0.2, 0.25) is 0 Å². The molecule has 22 heavy (non-hydrogen) atoms. The Hall–Kier alpha value is -2.47. The van der Waals surface area contributed by atoms with Gasteiger partial charge in [0.2, 0.25) is 11.8 Å².